The van der Waals surface area contributed by atoms with Gasteiger partial charge in [0.05, 0.1) is 9.79 Å². The van der Waals surface area contributed by atoms with Crippen molar-refractivity contribution in [2.75, 3.05) is 20.6 Å². The number of nitrogens with zero attached hydrogens (tertiary/aromatic N) is 1. The van der Waals surface area contributed by atoms with Gasteiger partial charge in [0.15, 0.2) is 0 Å². The molecule has 114 valence electrons. The van der Waals surface area contributed by atoms with Crippen LogP contribution in [-0.2, 0) is 26.5 Å². The smallest absolute Gasteiger partial charge is 0.238 e. The molecule has 0 aromatic heterocycles. The van der Waals surface area contributed by atoms with Crippen molar-refractivity contribution in [2.24, 2.45) is 10.3 Å². The predicted molar refractivity (Wildman–Crippen MR) is 76.1 cm³/mol. The highest BCUT2D eigenvalue weighted by Gasteiger charge is 2.21. The van der Waals surface area contributed by atoms with E-state index in [9.17, 15) is 16.8 Å². The van der Waals surface area contributed by atoms with Gasteiger partial charge in [0, 0.05) is 0 Å². The van der Waals surface area contributed by atoms with Crippen LogP contribution in [0.3, 0.4) is 0 Å². The maximum Gasteiger partial charge on any atom is 0.238 e. The fourth-order valence-electron chi connectivity index (χ4n) is 1.90. The van der Waals surface area contributed by atoms with Gasteiger partial charge in [-0.2, -0.15) is 0 Å². The van der Waals surface area contributed by atoms with Gasteiger partial charge in [-0.15, -0.1) is 0 Å². The Kier molecular flexibility index (Phi) is 5.27. The predicted octanol–water partition coefficient (Wildman–Crippen LogP) is -0.524. The van der Waals surface area contributed by atoms with Crippen LogP contribution in [0.2, 0.25) is 0 Å². The van der Waals surface area contributed by atoms with Crippen molar-refractivity contribution in [2.45, 2.75) is 22.6 Å². The molecule has 4 N–H and O–H groups in total. The van der Waals surface area contributed by atoms with E-state index < -0.39 is 20.0 Å². The first-order valence-corrected chi connectivity index (χ1v) is 8.95. The molecule has 0 saturated heterocycles. The maximum atomic E-state index is 11.6. The fourth-order valence-corrected chi connectivity index (χ4v) is 3.61. The highest BCUT2D eigenvalue weighted by atomic mass is 32.2. The highest BCUT2D eigenvalue weighted by Crippen LogP contribution is 2.23. The van der Waals surface area contributed by atoms with Crippen LogP contribution in [-0.4, -0.2) is 42.4 Å². The Hall–Kier alpha value is -1.00. The molecule has 0 atom stereocenters. The van der Waals surface area contributed by atoms with Crippen molar-refractivity contribution in [1.82, 2.24) is 4.90 Å². The summed E-state index contributed by atoms with van der Waals surface area (Å²) < 4.78 is 46.2. The van der Waals surface area contributed by atoms with Gasteiger partial charge in [-0.3, -0.25) is 0 Å². The summed E-state index contributed by atoms with van der Waals surface area (Å²) in [4.78, 5) is 1.53. The minimum absolute atomic E-state index is 0.152. The quantitative estimate of drug-likeness (QED) is 0.729. The molecule has 0 amide bonds. The lowest BCUT2D eigenvalue weighted by molar-refractivity contribution is 0.399. The van der Waals surface area contributed by atoms with Crippen LogP contribution in [0.15, 0.2) is 28.0 Å². The topological polar surface area (TPSA) is 124 Å². The van der Waals surface area contributed by atoms with Crippen LogP contribution >= 0.6 is 0 Å². The summed E-state index contributed by atoms with van der Waals surface area (Å²) in [6.07, 6.45) is 0.846. The van der Waals surface area contributed by atoms with E-state index in [4.69, 9.17) is 10.3 Å². The Bertz CT molecular complexity index is 631. The lowest BCUT2D eigenvalue weighted by Gasteiger charge is -2.14. The molecule has 9 heteroatoms. The van der Waals surface area contributed by atoms with Gasteiger partial charge in [-0.1, -0.05) is 6.07 Å². The monoisotopic (exact) mass is 321 g/mol. The normalized spacial score (nSPS) is 12.8. The molecule has 1 rings (SSSR count). The van der Waals surface area contributed by atoms with Crippen molar-refractivity contribution < 1.29 is 16.8 Å². The largest absolute Gasteiger partial charge is 0.309 e. The summed E-state index contributed by atoms with van der Waals surface area (Å²) in [7, 11) is -4.27. The van der Waals surface area contributed by atoms with Crippen molar-refractivity contribution in [1.29, 1.82) is 0 Å². The maximum absolute atomic E-state index is 11.6. The molecule has 0 aliphatic rings. The highest BCUT2D eigenvalue weighted by molar-refractivity contribution is 7.90. The first kappa shape index (κ1) is 17.1. The number of benzene rings is 1. The molecule has 0 unspecified atom stereocenters. The van der Waals surface area contributed by atoms with Crippen molar-refractivity contribution in [3.05, 3.63) is 23.8 Å². The van der Waals surface area contributed by atoms with Gasteiger partial charge < -0.3 is 4.90 Å². The molecule has 0 aliphatic heterocycles. The molecule has 0 aliphatic carbocycles. The third-order valence-corrected chi connectivity index (χ3v) is 4.73. The van der Waals surface area contributed by atoms with Gasteiger partial charge >= 0.3 is 0 Å². The van der Waals surface area contributed by atoms with Crippen molar-refractivity contribution >= 4 is 20.0 Å². The Morgan fingerprint density at radius 2 is 1.45 bits per heavy atom. The first-order valence-electron chi connectivity index (χ1n) is 5.85. The standard InChI is InChI=1S/C11H19N3O4S2/c1-14(2)8-4-5-9-10(19(12,15)16)6-3-7-11(9)20(13,17)18/h3,6-7H,4-5,8H2,1-2H3,(H2,12,15,16)(H2,13,17,18). The third kappa shape index (κ3) is 4.53. The van der Waals surface area contributed by atoms with Crippen LogP contribution in [0, 0.1) is 0 Å². The van der Waals surface area contributed by atoms with Gasteiger partial charge in [-0.05, 0) is 51.2 Å². The van der Waals surface area contributed by atoms with E-state index in [1.165, 1.54) is 18.2 Å². The third-order valence-electron chi connectivity index (χ3n) is 2.74. The van der Waals surface area contributed by atoms with E-state index >= 15 is 0 Å². The number of hydrogen-bond acceptors (Lipinski definition) is 5. The summed E-state index contributed by atoms with van der Waals surface area (Å²) in [5, 5.41) is 10.3. The molecule has 0 heterocycles. The minimum Gasteiger partial charge on any atom is -0.309 e. The van der Waals surface area contributed by atoms with Crippen LogP contribution in [0.4, 0.5) is 0 Å². The second-order valence-corrected chi connectivity index (χ2v) is 7.79. The molecule has 7 nitrogen and oxygen atoms in total. The minimum atomic E-state index is -4.00. The van der Waals surface area contributed by atoms with Crippen molar-refractivity contribution in [3.63, 3.8) is 0 Å². The second-order valence-electron chi connectivity index (χ2n) is 4.73. The lowest BCUT2D eigenvalue weighted by atomic mass is 10.1. The zero-order chi connectivity index (χ0) is 15.6. The zero-order valence-electron chi connectivity index (χ0n) is 11.4. The Balaban J connectivity index is 3.34. The Morgan fingerprint density at radius 3 is 1.80 bits per heavy atom. The molecule has 0 radical (unpaired) electrons. The molecule has 1 aromatic rings. The van der Waals surface area contributed by atoms with E-state index in [2.05, 4.69) is 0 Å². The molecule has 1 aromatic carbocycles. The van der Waals surface area contributed by atoms with E-state index in [-0.39, 0.29) is 21.8 Å². The Labute approximate surface area is 119 Å². The summed E-state index contributed by atoms with van der Waals surface area (Å²) in [6.45, 7) is 0.684. The molecule has 0 fully saturated rings. The van der Waals surface area contributed by atoms with Gasteiger partial charge in [-0.25, -0.2) is 27.1 Å². The zero-order valence-corrected chi connectivity index (χ0v) is 13.0. The van der Waals surface area contributed by atoms with E-state index in [1.54, 1.807) is 0 Å². The van der Waals surface area contributed by atoms with E-state index in [1.807, 2.05) is 19.0 Å². The lowest BCUT2D eigenvalue weighted by Crippen LogP contribution is -2.21. The summed E-state index contributed by atoms with van der Waals surface area (Å²) >= 11 is 0. The van der Waals surface area contributed by atoms with Crippen molar-refractivity contribution in [3.8, 4) is 0 Å². The molecular formula is C11H19N3O4S2. The number of hydrogen-bond donors (Lipinski definition) is 2. The number of primary sulfonamides is 2. The Morgan fingerprint density at radius 1 is 1.00 bits per heavy atom. The average Bonchev–Trinajstić information content (AvgIpc) is 2.25. The van der Waals surface area contributed by atoms with Crippen LogP contribution < -0.4 is 10.3 Å². The van der Waals surface area contributed by atoms with Crippen LogP contribution in [0.1, 0.15) is 12.0 Å². The molecular weight excluding hydrogens is 302 g/mol. The van der Waals surface area contributed by atoms with E-state index in [0.717, 1.165) is 0 Å². The number of nitrogens with two attached hydrogens (primary N) is 2. The molecule has 0 spiro atoms. The summed E-state index contributed by atoms with van der Waals surface area (Å²) in [5.74, 6) is 0. The van der Waals surface area contributed by atoms with Gasteiger partial charge in [0.2, 0.25) is 20.0 Å². The molecule has 0 bridgehead atoms. The fraction of sp³-hybridized carbons (Fsp3) is 0.455. The molecule has 0 saturated carbocycles. The summed E-state index contributed by atoms with van der Waals surface area (Å²) in [6, 6.07) is 3.89. The van der Waals surface area contributed by atoms with Crippen LogP contribution in [0.25, 0.3) is 0 Å². The average molecular weight is 321 g/mol. The second kappa shape index (κ2) is 6.19. The molecule has 20 heavy (non-hydrogen) atoms. The first-order chi connectivity index (χ1) is 9.03. The number of sulfonamides is 2. The van der Waals surface area contributed by atoms with E-state index in [0.29, 0.717) is 13.0 Å². The number of rotatable bonds is 6. The van der Waals surface area contributed by atoms with Gasteiger partial charge in [0.25, 0.3) is 0 Å². The van der Waals surface area contributed by atoms with Crippen LogP contribution in [0.5, 0.6) is 0 Å². The van der Waals surface area contributed by atoms with Gasteiger partial charge in [0.1, 0.15) is 0 Å². The SMILES string of the molecule is CN(C)CCCc1c(S(N)(=O)=O)cccc1S(N)(=O)=O. The summed E-state index contributed by atoms with van der Waals surface area (Å²) in [5.41, 5.74) is 0.152.